The molecule has 1 aromatic heterocycles. The molecule has 14 nitrogen and oxygen atoms in total. The van der Waals surface area contributed by atoms with Gasteiger partial charge in [0.15, 0.2) is 18.0 Å². The Labute approximate surface area is 166 Å². The van der Waals surface area contributed by atoms with Gasteiger partial charge in [-0.05, 0) is 18.9 Å². The molecular weight excluding hydrogens is 390 g/mol. The van der Waals surface area contributed by atoms with E-state index < -0.39 is 48.8 Å². The molecule has 2 rings (SSSR count). The van der Waals surface area contributed by atoms with Gasteiger partial charge in [0.25, 0.3) is 0 Å². The number of hydrogen-bond acceptors (Lipinski definition) is 11. The molecule has 0 spiro atoms. The zero-order chi connectivity index (χ0) is 22.5. The van der Waals surface area contributed by atoms with Crippen LogP contribution in [0.25, 0.3) is 0 Å². The number of rotatable bonds is 9. The summed E-state index contributed by atoms with van der Waals surface area (Å²) in [6.07, 6.45) is -5.54. The van der Waals surface area contributed by atoms with Crippen molar-refractivity contribution in [1.82, 2.24) is 9.55 Å². The van der Waals surface area contributed by atoms with Crippen LogP contribution in [0.1, 0.15) is 20.4 Å². The molecule has 0 bridgehead atoms. The number of nitrogens with zero attached hydrogens (tertiary/aromatic N) is 3. The zero-order valence-corrected chi connectivity index (χ0v) is 15.3. The third kappa shape index (κ3) is 5.85. The second-order valence-electron chi connectivity index (χ2n) is 6.19. The number of guanidine groups is 1. The highest BCUT2D eigenvalue weighted by Gasteiger charge is 2.44. The molecule has 0 aromatic carbocycles. The first-order chi connectivity index (χ1) is 14.1. The Morgan fingerprint density at radius 3 is 2.83 bits per heavy atom. The van der Waals surface area contributed by atoms with Gasteiger partial charge < -0.3 is 36.9 Å². The van der Waals surface area contributed by atoms with Gasteiger partial charge in [-0.25, -0.2) is 4.79 Å². The molecule has 0 unspecified atom stereocenters. The molecule has 29 heavy (non-hydrogen) atoms. The van der Waals surface area contributed by atoms with Gasteiger partial charge in [-0.3, -0.25) is 25.0 Å². The lowest BCUT2D eigenvalue weighted by Crippen LogP contribution is -2.38. The number of aromatic nitrogens is 2. The van der Waals surface area contributed by atoms with Crippen LogP contribution in [0.3, 0.4) is 0 Å². The second kappa shape index (κ2) is 10.1. The van der Waals surface area contributed by atoms with E-state index in [-0.39, 0.29) is 24.7 Å². The topological polar surface area (TPSA) is 234 Å². The fourth-order valence-electron chi connectivity index (χ4n) is 2.52. The molecular formula is C15H25N7O7. The summed E-state index contributed by atoms with van der Waals surface area (Å²) in [7, 11) is 0. The van der Waals surface area contributed by atoms with Gasteiger partial charge in [0.05, 0.1) is 1.37 Å². The highest BCUT2D eigenvalue weighted by molar-refractivity contribution is 5.76. The van der Waals surface area contributed by atoms with Crippen molar-refractivity contribution in [1.29, 1.82) is 0 Å². The number of nitrogens with two attached hydrogens (primary N) is 3. The fraction of sp³-hybridized carbons (Fsp3) is 0.600. The summed E-state index contributed by atoms with van der Waals surface area (Å²) in [6, 6.07) is 0.170. The molecule has 0 radical (unpaired) electrons. The van der Waals surface area contributed by atoms with Crippen LogP contribution >= 0.6 is 0 Å². The largest absolute Gasteiger partial charge is 0.462 e. The first-order valence-electron chi connectivity index (χ1n) is 9.12. The average Bonchev–Trinajstić information content (AvgIpc) is 2.93. The van der Waals surface area contributed by atoms with E-state index in [0.717, 1.165) is 12.3 Å². The number of aliphatic hydroxyl groups is 2. The maximum Gasteiger partial charge on any atom is 0.351 e. The Balaban J connectivity index is 1.97. The summed E-state index contributed by atoms with van der Waals surface area (Å²) in [5.74, 6) is -1.05. The first kappa shape index (κ1) is 20.9. The van der Waals surface area contributed by atoms with Gasteiger partial charge in [-0.1, -0.05) is 0 Å². The molecule has 2 heterocycles. The quantitative estimate of drug-likeness (QED) is 0.0685. The van der Waals surface area contributed by atoms with Crippen LogP contribution in [0.2, 0.25) is 0 Å². The van der Waals surface area contributed by atoms with Crippen LogP contribution in [0.4, 0.5) is 5.82 Å². The van der Waals surface area contributed by atoms with E-state index in [2.05, 4.69) is 9.98 Å². The number of aliphatic imine (C=N–C) groups is 1. The van der Waals surface area contributed by atoms with E-state index in [1.54, 1.807) is 5.48 Å². The Morgan fingerprint density at radius 1 is 1.48 bits per heavy atom. The highest BCUT2D eigenvalue weighted by Crippen LogP contribution is 2.28. The van der Waals surface area contributed by atoms with Crippen molar-refractivity contribution in [2.45, 2.75) is 43.4 Å². The van der Waals surface area contributed by atoms with Crippen molar-refractivity contribution in [3.8, 4) is 0 Å². The average molecular weight is 416 g/mol. The standard InChI is InChI=1S/C15H25N7O7/c16-7(2-1-4-19-14(17)18)13(25)28-6-8-10(23)11(24)12(29-8)22-5-3-9(21-27)20-15(22)26/h3,5,7-8,10-12,23-24,27H,1-2,4,6,16H2,(H4,17,18,19)(H,20,21,26)/t7-,8-,10-,11-,12-/m1/s1/i12D. The van der Waals surface area contributed by atoms with Gasteiger partial charge in [-0.15, -0.1) is 0 Å². The molecule has 1 aromatic rings. The Kier molecular flexibility index (Phi) is 7.31. The van der Waals surface area contributed by atoms with Gasteiger partial charge in [0, 0.05) is 12.7 Å². The minimum absolute atomic E-state index is 0.0764. The van der Waals surface area contributed by atoms with Crippen LogP contribution in [0.15, 0.2) is 22.1 Å². The predicted octanol–water partition coefficient (Wildman–Crippen LogP) is -3.41. The summed E-state index contributed by atoms with van der Waals surface area (Å²) >= 11 is 0. The van der Waals surface area contributed by atoms with E-state index in [9.17, 15) is 19.8 Å². The fourth-order valence-corrected chi connectivity index (χ4v) is 2.52. The number of nitrogens with one attached hydrogen (secondary N) is 1. The smallest absolute Gasteiger partial charge is 0.351 e. The van der Waals surface area contributed by atoms with E-state index in [4.69, 9.17) is 33.3 Å². The normalized spacial score (nSPS) is 27.7. The van der Waals surface area contributed by atoms with Crippen LogP contribution in [-0.2, 0) is 14.3 Å². The lowest BCUT2D eigenvalue weighted by Gasteiger charge is -2.17. The first-order valence-corrected chi connectivity index (χ1v) is 8.62. The second-order valence-corrected chi connectivity index (χ2v) is 6.19. The minimum atomic E-state index is -2.43. The molecule has 0 saturated carbocycles. The maximum atomic E-state index is 12.1. The summed E-state index contributed by atoms with van der Waals surface area (Å²) < 4.78 is 19.2. The van der Waals surface area contributed by atoms with Crippen molar-refractivity contribution in [2.75, 3.05) is 18.6 Å². The third-order valence-electron chi connectivity index (χ3n) is 4.05. The summed E-state index contributed by atoms with van der Waals surface area (Å²) in [6.45, 7) is -0.230. The van der Waals surface area contributed by atoms with E-state index in [1.807, 2.05) is 0 Å². The number of aliphatic hydroxyl groups excluding tert-OH is 2. The monoisotopic (exact) mass is 416 g/mol. The number of hydrogen-bond donors (Lipinski definition) is 7. The van der Waals surface area contributed by atoms with Gasteiger partial charge in [0.1, 0.15) is 31.0 Å². The lowest BCUT2D eigenvalue weighted by molar-refractivity contribution is -0.151. The molecule has 1 aliphatic heterocycles. The lowest BCUT2D eigenvalue weighted by atomic mass is 10.1. The molecule has 14 heteroatoms. The van der Waals surface area contributed by atoms with Crippen molar-refractivity contribution >= 4 is 17.7 Å². The van der Waals surface area contributed by atoms with Crippen molar-refractivity contribution in [3.05, 3.63) is 22.7 Å². The molecule has 162 valence electrons. The van der Waals surface area contributed by atoms with Gasteiger partial charge >= 0.3 is 11.7 Å². The summed E-state index contributed by atoms with van der Waals surface area (Å²) in [4.78, 5) is 31.2. The number of ether oxygens (including phenoxy) is 2. The number of carbonyl (C=O) groups excluding carboxylic acids is 1. The molecule has 1 fully saturated rings. The summed E-state index contributed by atoms with van der Waals surface area (Å²) in [5.41, 5.74) is 16.7. The van der Waals surface area contributed by atoms with Crippen LogP contribution in [0.5, 0.6) is 0 Å². The Bertz CT molecular complexity index is 834. The minimum Gasteiger partial charge on any atom is -0.462 e. The van der Waals surface area contributed by atoms with Crippen LogP contribution in [-0.4, -0.2) is 74.4 Å². The third-order valence-corrected chi connectivity index (χ3v) is 4.05. The van der Waals surface area contributed by atoms with E-state index in [1.165, 1.54) is 0 Å². The predicted molar refractivity (Wildman–Crippen MR) is 98.7 cm³/mol. The van der Waals surface area contributed by atoms with Crippen LogP contribution < -0.4 is 28.4 Å². The SMILES string of the molecule is [2H][C@@]1(n2ccc(NO)nc2=O)O[C@H](COC(=O)[C@H](N)CCCN=C(N)N)[C@@H](O)[C@H]1O. The van der Waals surface area contributed by atoms with E-state index >= 15 is 0 Å². The van der Waals surface area contributed by atoms with Crippen LogP contribution in [0, 0.1) is 0 Å². The number of esters is 1. The molecule has 0 amide bonds. The Hall–Kier alpha value is -2.78. The molecule has 1 saturated heterocycles. The molecule has 5 atom stereocenters. The number of carbonyl (C=O) groups is 1. The van der Waals surface area contributed by atoms with Gasteiger partial charge in [0.2, 0.25) is 0 Å². The highest BCUT2D eigenvalue weighted by atomic mass is 16.6. The molecule has 10 N–H and O–H groups in total. The zero-order valence-electron chi connectivity index (χ0n) is 16.3. The van der Waals surface area contributed by atoms with Crippen molar-refractivity contribution in [2.24, 2.45) is 22.2 Å². The van der Waals surface area contributed by atoms with Crippen molar-refractivity contribution < 1.29 is 31.1 Å². The summed E-state index contributed by atoms with van der Waals surface area (Å²) in [5, 5.41) is 29.2. The Morgan fingerprint density at radius 2 is 2.21 bits per heavy atom. The number of anilines is 1. The van der Waals surface area contributed by atoms with E-state index in [0.29, 0.717) is 11.0 Å². The molecule has 1 aliphatic rings. The molecule has 0 aliphatic carbocycles. The van der Waals surface area contributed by atoms with Gasteiger partial charge in [-0.2, -0.15) is 4.98 Å². The van der Waals surface area contributed by atoms with Crippen molar-refractivity contribution in [3.63, 3.8) is 0 Å². The maximum absolute atomic E-state index is 12.1.